The molecule has 0 heterocycles. The fourth-order valence-electron chi connectivity index (χ4n) is 5.04. The molecule has 0 radical (unpaired) electrons. The molecule has 0 amide bonds. The largest absolute Gasteiger partial charge is 0.492 e. The highest BCUT2D eigenvalue weighted by molar-refractivity contribution is 5.31. The Morgan fingerprint density at radius 1 is 1.32 bits per heavy atom. The quantitative estimate of drug-likeness (QED) is 0.639. The number of hydrogen-bond acceptors (Lipinski definition) is 1. The molecule has 106 valence electrons. The Hall–Kier alpha value is -0.720. The molecule has 2 saturated carbocycles. The fraction of sp³-hybridized carbons (Fsp3) is 0.778. The Balaban J connectivity index is 1.90. The lowest BCUT2D eigenvalue weighted by Crippen LogP contribution is -2.37. The van der Waals surface area contributed by atoms with Gasteiger partial charge in [0.15, 0.2) is 0 Å². The summed E-state index contributed by atoms with van der Waals surface area (Å²) in [5, 5.41) is 0. The van der Waals surface area contributed by atoms with Crippen LogP contribution in [0, 0.1) is 28.6 Å². The van der Waals surface area contributed by atoms with E-state index in [0.717, 1.165) is 11.8 Å². The standard InChI is InChI=1S/C18H28O/c1-7-18-9-8-17(5,6)15(18)14-12(11-18)10-13(14)19-16(2,3)4/h7,10,12,14-15H,1,8-9,11H2,2-6H3/t12-,14+,15-,18-/m0/s1. The SMILES string of the molecule is C=C[C@@]12CCC(C)(C)[C@@H]1[C@H]1C(OC(C)(C)C)=C[C@H]1C2. The van der Waals surface area contributed by atoms with Gasteiger partial charge in [-0.05, 0) is 68.8 Å². The molecule has 0 aromatic rings. The maximum absolute atomic E-state index is 6.21. The summed E-state index contributed by atoms with van der Waals surface area (Å²) in [7, 11) is 0. The van der Waals surface area contributed by atoms with E-state index in [0.29, 0.717) is 16.7 Å². The summed E-state index contributed by atoms with van der Waals surface area (Å²) in [6, 6.07) is 0. The highest BCUT2D eigenvalue weighted by Crippen LogP contribution is 2.70. The zero-order chi connectivity index (χ0) is 14.1. The van der Waals surface area contributed by atoms with Crippen molar-refractivity contribution in [3.05, 3.63) is 24.5 Å². The minimum Gasteiger partial charge on any atom is -0.492 e. The number of fused-ring (bicyclic) bond motifs is 3. The van der Waals surface area contributed by atoms with E-state index in [1.165, 1.54) is 25.0 Å². The predicted molar refractivity (Wildman–Crippen MR) is 79.7 cm³/mol. The minimum absolute atomic E-state index is 0.0705. The van der Waals surface area contributed by atoms with Crippen LogP contribution in [0.3, 0.4) is 0 Å². The van der Waals surface area contributed by atoms with Gasteiger partial charge in [0.1, 0.15) is 5.60 Å². The molecule has 4 atom stereocenters. The first-order valence-electron chi connectivity index (χ1n) is 7.73. The lowest BCUT2D eigenvalue weighted by Gasteiger charge is -2.42. The molecule has 3 aliphatic carbocycles. The molecular weight excluding hydrogens is 232 g/mol. The van der Waals surface area contributed by atoms with Crippen LogP contribution in [0.5, 0.6) is 0 Å². The van der Waals surface area contributed by atoms with E-state index in [4.69, 9.17) is 4.74 Å². The van der Waals surface area contributed by atoms with Gasteiger partial charge in [0.2, 0.25) is 0 Å². The molecule has 0 unspecified atom stereocenters. The molecule has 1 heteroatoms. The van der Waals surface area contributed by atoms with E-state index in [2.05, 4.69) is 53.3 Å². The number of hydrogen-bond donors (Lipinski definition) is 0. The summed E-state index contributed by atoms with van der Waals surface area (Å²) >= 11 is 0. The average Bonchev–Trinajstić information content (AvgIpc) is 2.66. The van der Waals surface area contributed by atoms with E-state index in [-0.39, 0.29) is 5.60 Å². The lowest BCUT2D eigenvalue weighted by atomic mass is 9.66. The Morgan fingerprint density at radius 3 is 2.58 bits per heavy atom. The van der Waals surface area contributed by atoms with Crippen LogP contribution in [-0.4, -0.2) is 5.60 Å². The van der Waals surface area contributed by atoms with Crippen molar-refractivity contribution in [1.29, 1.82) is 0 Å². The van der Waals surface area contributed by atoms with Gasteiger partial charge in [0, 0.05) is 5.92 Å². The molecule has 0 bridgehead atoms. The Kier molecular flexibility index (Phi) is 2.57. The number of allylic oxidation sites excluding steroid dienone is 3. The van der Waals surface area contributed by atoms with Gasteiger partial charge in [-0.25, -0.2) is 0 Å². The van der Waals surface area contributed by atoms with Gasteiger partial charge >= 0.3 is 0 Å². The van der Waals surface area contributed by atoms with Crippen LogP contribution >= 0.6 is 0 Å². The summed E-state index contributed by atoms with van der Waals surface area (Å²) in [5.74, 6) is 3.38. The molecule has 0 spiro atoms. The highest BCUT2D eigenvalue weighted by Gasteiger charge is 2.64. The van der Waals surface area contributed by atoms with Crippen LogP contribution in [0.15, 0.2) is 24.5 Å². The van der Waals surface area contributed by atoms with Crippen LogP contribution in [0.2, 0.25) is 0 Å². The van der Waals surface area contributed by atoms with Gasteiger partial charge in [0.05, 0.1) is 5.76 Å². The molecule has 2 fully saturated rings. The highest BCUT2D eigenvalue weighted by atomic mass is 16.5. The second-order valence-electron chi connectivity index (χ2n) is 8.58. The van der Waals surface area contributed by atoms with Crippen molar-refractivity contribution < 1.29 is 4.74 Å². The van der Waals surface area contributed by atoms with Gasteiger partial charge in [0.25, 0.3) is 0 Å². The molecule has 3 rings (SSSR count). The molecule has 0 aromatic heterocycles. The average molecular weight is 260 g/mol. The molecule has 19 heavy (non-hydrogen) atoms. The number of ether oxygens (including phenoxy) is 1. The predicted octanol–water partition coefficient (Wildman–Crippen LogP) is 4.94. The van der Waals surface area contributed by atoms with E-state index in [1.54, 1.807) is 0 Å². The Bertz CT molecular complexity index is 437. The third-order valence-electron chi connectivity index (χ3n) is 5.67. The van der Waals surface area contributed by atoms with Crippen molar-refractivity contribution in [2.24, 2.45) is 28.6 Å². The van der Waals surface area contributed by atoms with E-state index in [9.17, 15) is 0 Å². The lowest BCUT2D eigenvalue weighted by molar-refractivity contribution is -0.00408. The number of rotatable bonds is 2. The van der Waals surface area contributed by atoms with Crippen molar-refractivity contribution in [1.82, 2.24) is 0 Å². The first-order valence-corrected chi connectivity index (χ1v) is 7.73. The molecule has 0 saturated heterocycles. The van der Waals surface area contributed by atoms with Gasteiger partial charge in [-0.15, -0.1) is 6.58 Å². The van der Waals surface area contributed by atoms with Crippen LogP contribution in [0.4, 0.5) is 0 Å². The van der Waals surface area contributed by atoms with Crippen molar-refractivity contribution in [3.8, 4) is 0 Å². The minimum atomic E-state index is -0.0705. The monoisotopic (exact) mass is 260 g/mol. The molecule has 0 aromatic carbocycles. The van der Waals surface area contributed by atoms with Crippen LogP contribution in [0.25, 0.3) is 0 Å². The first kappa shape index (κ1) is 13.3. The molecule has 1 nitrogen and oxygen atoms in total. The summed E-state index contributed by atoms with van der Waals surface area (Å²) in [6.45, 7) is 15.5. The Labute approximate surface area is 118 Å². The van der Waals surface area contributed by atoms with E-state index in [1.807, 2.05) is 0 Å². The second kappa shape index (κ2) is 3.68. The fourth-order valence-corrected chi connectivity index (χ4v) is 5.04. The van der Waals surface area contributed by atoms with Gasteiger partial charge < -0.3 is 4.74 Å². The van der Waals surface area contributed by atoms with Crippen molar-refractivity contribution in [3.63, 3.8) is 0 Å². The summed E-state index contributed by atoms with van der Waals surface area (Å²) in [4.78, 5) is 0. The Morgan fingerprint density at radius 2 is 2.00 bits per heavy atom. The summed E-state index contributed by atoms with van der Waals surface area (Å²) in [5.41, 5.74) is 0.728. The molecule has 0 aliphatic heterocycles. The van der Waals surface area contributed by atoms with E-state index >= 15 is 0 Å². The molecule has 3 aliphatic rings. The smallest absolute Gasteiger partial charge is 0.100 e. The molecular formula is C18H28O. The van der Waals surface area contributed by atoms with Crippen molar-refractivity contribution >= 4 is 0 Å². The third-order valence-corrected chi connectivity index (χ3v) is 5.67. The zero-order valence-corrected chi connectivity index (χ0v) is 13.1. The zero-order valence-electron chi connectivity index (χ0n) is 13.1. The molecule has 0 N–H and O–H groups in total. The maximum atomic E-state index is 6.21. The summed E-state index contributed by atoms with van der Waals surface area (Å²) in [6.07, 6.45) is 8.60. The van der Waals surface area contributed by atoms with Crippen LogP contribution < -0.4 is 0 Å². The summed E-state index contributed by atoms with van der Waals surface area (Å²) < 4.78 is 6.21. The van der Waals surface area contributed by atoms with Crippen LogP contribution in [-0.2, 0) is 4.74 Å². The maximum Gasteiger partial charge on any atom is 0.100 e. The van der Waals surface area contributed by atoms with Crippen LogP contribution in [0.1, 0.15) is 53.9 Å². The van der Waals surface area contributed by atoms with Gasteiger partial charge in [-0.2, -0.15) is 0 Å². The third kappa shape index (κ3) is 1.80. The van der Waals surface area contributed by atoms with Crippen molar-refractivity contribution in [2.45, 2.75) is 59.5 Å². The van der Waals surface area contributed by atoms with Gasteiger partial charge in [-0.1, -0.05) is 19.9 Å². The normalized spacial score (nSPS) is 43.0. The second-order valence-corrected chi connectivity index (χ2v) is 8.58. The van der Waals surface area contributed by atoms with E-state index < -0.39 is 0 Å². The van der Waals surface area contributed by atoms with Crippen molar-refractivity contribution in [2.75, 3.05) is 0 Å². The van der Waals surface area contributed by atoms with Gasteiger partial charge in [-0.3, -0.25) is 0 Å². The topological polar surface area (TPSA) is 9.23 Å². The first-order chi connectivity index (χ1) is 8.69.